The largest absolute Gasteiger partial charge is 0.353 e. The number of sulfonamides is 1. The first-order chi connectivity index (χ1) is 9.93. The number of hydrogen-bond acceptors (Lipinski definition) is 4. The summed E-state index contributed by atoms with van der Waals surface area (Å²) in [4.78, 5) is 11.4. The zero-order chi connectivity index (χ0) is 15.7. The van der Waals surface area contributed by atoms with E-state index in [0.717, 1.165) is 12.0 Å². The number of amides is 1. The lowest BCUT2D eigenvalue weighted by atomic mass is 10.1. The van der Waals surface area contributed by atoms with E-state index in [1.165, 1.54) is 12.1 Å². The van der Waals surface area contributed by atoms with Crippen LogP contribution in [0.1, 0.15) is 12.0 Å². The summed E-state index contributed by atoms with van der Waals surface area (Å²) in [5, 5.41) is 10.9. The predicted molar refractivity (Wildman–Crippen MR) is 82.2 cm³/mol. The minimum Gasteiger partial charge on any atom is -0.353 e. The van der Waals surface area contributed by atoms with Crippen LogP contribution in [0.5, 0.6) is 0 Å². The van der Waals surface area contributed by atoms with Crippen LogP contribution in [0.3, 0.4) is 0 Å². The van der Waals surface area contributed by atoms with Crippen LogP contribution < -0.4 is 15.8 Å². The molecule has 0 bridgehead atoms. The summed E-state index contributed by atoms with van der Waals surface area (Å²) in [5.41, 5.74) is 1.01. The van der Waals surface area contributed by atoms with Gasteiger partial charge in [0, 0.05) is 19.5 Å². The Kier molecular flexibility index (Phi) is 7.07. The maximum atomic E-state index is 11.3. The number of carbonyl (C=O) groups is 1. The first kappa shape index (κ1) is 17.4. The lowest BCUT2D eigenvalue weighted by molar-refractivity contribution is -0.120. The molecule has 0 atom stereocenters. The standard InChI is InChI=1S/C14H21N3O3S/c1-2-9-17-14(18)8-11-16-10-7-12-3-5-13(6-4-12)21(15,19)20/h2-6,16H,1,7-11H2,(H,17,18)(H2,15,19,20). The third kappa shape index (κ3) is 7.03. The van der Waals surface area contributed by atoms with Crippen molar-refractivity contribution in [3.8, 4) is 0 Å². The first-order valence-corrected chi connectivity index (χ1v) is 8.18. The van der Waals surface area contributed by atoms with Crippen LogP contribution >= 0.6 is 0 Å². The number of rotatable bonds is 9. The summed E-state index contributed by atoms with van der Waals surface area (Å²) in [6.07, 6.45) is 2.80. The van der Waals surface area contributed by atoms with Crippen molar-refractivity contribution in [2.45, 2.75) is 17.7 Å². The van der Waals surface area contributed by atoms with Crippen molar-refractivity contribution in [1.29, 1.82) is 0 Å². The van der Waals surface area contributed by atoms with E-state index in [-0.39, 0.29) is 10.8 Å². The maximum Gasteiger partial charge on any atom is 0.238 e. The lowest BCUT2D eigenvalue weighted by Crippen LogP contribution is -2.28. The molecular weight excluding hydrogens is 290 g/mol. The molecule has 6 nitrogen and oxygen atoms in total. The van der Waals surface area contributed by atoms with Crippen molar-refractivity contribution in [3.05, 3.63) is 42.5 Å². The fraction of sp³-hybridized carbons (Fsp3) is 0.357. The van der Waals surface area contributed by atoms with E-state index in [0.29, 0.717) is 26.1 Å². The van der Waals surface area contributed by atoms with Crippen LogP contribution in [0.4, 0.5) is 0 Å². The van der Waals surface area contributed by atoms with Gasteiger partial charge in [-0.25, -0.2) is 13.6 Å². The topological polar surface area (TPSA) is 101 Å². The molecule has 0 aliphatic heterocycles. The molecule has 21 heavy (non-hydrogen) atoms. The molecule has 0 aliphatic carbocycles. The van der Waals surface area contributed by atoms with Crippen LogP contribution in [-0.2, 0) is 21.2 Å². The average molecular weight is 311 g/mol. The van der Waals surface area contributed by atoms with Gasteiger partial charge < -0.3 is 10.6 Å². The highest BCUT2D eigenvalue weighted by atomic mass is 32.2. The van der Waals surface area contributed by atoms with Crippen molar-refractivity contribution < 1.29 is 13.2 Å². The van der Waals surface area contributed by atoms with Crippen LogP contribution in [0.15, 0.2) is 41.8 Å². The van der Waals surface area contributed by atoms with Crippen molar-refractivity contribution in [1.82, 2.24) is 10.6 Å². The molecule has 1 amide bonds. The molecule has 0 saturated carbocycles. The van der Waals surface area contributed by atoms with Gasteiger partial charge >= 0.3 is 0 Å². The minimum absolute atomic E-state index is 0.0140. The Morgan fingerprint density at radius 3 is 2.48 bits per heavy atom. The van der Waals surface area contributed by atoms with E-state index >= 15 is 0 Å². The fourth-order valence-corrected chi connectivity index (χ4v) is 2.20. The molecule has 0 fully saturated rings. The highest BCUT2D eigenvalue weighted by Crippen LogP contribution is 2.08. The van der Waals surface area contributed by atoms with Crippen molar-refractivity contribution in [3.63, 3.8) is 0 Å². The molecule has 1 aromatic rings. The van der Waals surface area contributed by atoms with Crippen molar-refractivity contribution >= 4 is 15.9 Å². The zero-order valence-corrected chi connectivity index (χ0v) is 12.7. The van der Waals surface area contributed by atoms with E-state index in [9.17, 15) is 13.2 Å². The lowest BCUT2D eigenvalue weighted by Gasteiger charge is -2.06. The molecule has 116 valence electrons. The molecule has 1 rings (SSSR count). The average Bonchev–Trinajstić information content (AvgIpc) is 2.44. The third-order valence-electron chi connectivity index (χ3n) is 2.81. The van der Waals surface area contributed by atoms with Crippen molar-refractivity contribution in [2.75, 3.05) is 19.6 Å². The van der Waals surface area contributed by atoms with Gasteiger partial charge in [-0.05, 0) is 30.7 Å². The SMILES string of the molecule is C=CCNC(=O)CCNCCc1ccc(S(N)(=O)=O)cc1. The Morgan fingerprint density at radius 2 is 1.90 bits per heavy atom. The van der Waals surface area contributed by atoms with Gasteiger partial charge in [0.15, 0.2) is 0 Å². The van der Waals surface area contributed by atoms with E-state index in [1.807, 2.05) is 0 Å². The fourth-order valence-electron chi connectivity index (χ4n) is 1.68. The van der Waals surface area contributed by atoms with E-state index < -0.39 is 10.0 Å². The molecular formula is C14H21N3O3S. The Bertz CT molecular complexity index is 568. The summed E-state index contributed by atoms with van der Waals surface area (Å²) in [7, 11) is -3.63. The number of nitrogens with two attached hydrogens (primary N) is 1. The molecule has 7 heteroatoms. The van der Waals surface area contributed by atoms with E-state index in [4.69, 9.17) is 5.14 Å². The zero-order valence-electron chi connectivity index (χ0n) is 11.8. The van der Waals surface area contributed by atoms with Gasteiger partial charge in [0.1, 0.15) is 0 Å². The minimum atomic E-state index is -3.63. The van der Waals surface area contributed by atoms with Crippen LogP contribution in [0.25, 0.3) is 0 Å². The first-order valence-electron chi connectivity index (χ1n) is 6.63. The van der Waals surface area contributed by atoms with Gasteiger partial charge in [0.25, 0.3) is 0 Å². The normalized spacial score (nSPS) is 11.1. The van der Waals surface area contributed by atoms with Crippen molar-refractivity contribution in [2.24, 2.45) is 5.14 Å². The second-order valence-corrected chi connectivity index (χ2v) is 6.09. The molecule has 0 aromatic heterocycles. The Balaban J connectivity index is 2.24. The summed E-state index contributed by atoms with van der Waals surface area (Å²) in [5.74, 6) is -0.0140. The molecule has 0 radical (unpaired) electrons. The van der Waals surface area contributed by atoms with E-state index in [2.05, 4.69) is 17.2 Å². The summed E-state index contributed by atoms with van der Waals surface area (Å²) in [6, 6.07) is 6.46. The number of nitrogens with one attached hydrogen (secondary N) is 2. The second kappa shape index (κ2) is 8.56. The van der Waals surface area contributed by atoms with Crippen LogP contribution in [0, 0.1) is 0 Å². The molecule has 1 aromatic carbocycles. The van der Waals surface area contributed by atoms with Gasteiger partial charge in [-0.3, -0.25) is 4.79 Å². The smallest absolute Gasteiger partial charge is 0.238 e. The summed E-state index contributed by atoms with van der Waals surface area (Å²) in [6.45, 7) is 5.31. The van der Waals surface area contributed by atoms with Crippen LogP contribution in [0.2, 0.25) is 0 Å². The summed E-state index contributed by atoms with van der Waals surface area (Å²) < 4.78 is 22.2. The van der Waals surface area contributed by atoms with Gasteiger partial charge in [0.05, 0.1) is 4.90 Å². The summed E-state index contributed by atoms with van der Waals surface area (Å²) >= 11 is 0. The Hall–Kier alpha value is -1.70. The van der Waals surface area contributed by atoms with Gasteiger partial charge in [-0.1, -0.05) is 18.2 Å². The number of primary sulfonamides is 1. The van der Waals surface area contributed by atoms with Gasteiger partial charge in [-0.15, -0.1) is 6.58 Å². The molecule has 0 spiro atoms. The van der Waals surface area contributed by atoms with Gasteiger partial charge in [0.2, 0.25) is 15.9 Å². The Morgan fingerprint density at radius 1 is 1.24 bits per heavy atom. The highest BCUT2D eigenvalue weighted by molar-refractivity contribution is 7.89. The van der Waals surface area contributed by atoms with Crippen LogP contribution in [-0.4, -0.2) is 34.0 Å². The quantitative estimate of drug-likeness (QED) is 0.446. The van der Waals surface area contributed by atoms with Gasteiger partial charge in [-0.2, -0.15) is 0 Å². The maximum absolute atomic E-state index is 11.3. The monoisotopic (exact) mass is 311 g/mol. The third-order valence-corrected chi connectivity index (χ3v) is 3.74. The molecule has 0 heterocycles. The second-order valence-electron chi connectivity index (χ2n) is 4.53. The Labute approximate surface area is 125 Å². The number of benzene rings is 1. The molecule has 0 unspecified atom stereocenters. The number of carbonyl (C=O) groups excluding carboxylic acids is 1. The molecule has 0 saturated heterocycles. The number of hydrogen-bond donors (Lipinski definition) is 3. The predicted octanol–water partition coefficient (Wildman–Crippen LogP) is 0.158. The highest BCUT2D eigenvalue weighted by Gasteiger charge is 2.06. The van der Waals surface area contributed by atoms with E-state index in [1.54, 1.807) is 18.2 Å². The molecule has 0 aliphatic rings. The molecule has 4 N–H and O–H groups in total.